The smallest absolute Gasteiger partial charge is 0.295 e. The zero-order chi connectivity index (χ0) is 28.5. The number of benzene rings is 3. The van der Waals surface area contributed by atoms with E-state index < -0.39 is 46.8 Å². The fourth-order valence-electron chi connectivity index (χ4n) is 5.71. The lowest BCUT2D eigenvalue weighted by molar-refractivity contribution is -0.384. The molecule has 0 unspecified atom stereocenters. The van der Waals surface area contributed by atoms with Crippen LogP contribution in [0, 0.1) is 15.9 Å². The Hall–Kier alpha value is -4.21. The van der Waals surface area contributed by atoms with Crippen LogP contribution >= 0.6 is 0 Å². The predicted molar refractivity (Wildman–Crippen MR) is 143 cm³/mol. The SMILES string of the molecule is O=C1CCC(C(=O)N2CC(F)(F)C2)(c2ccc([N+](=O)[O-])c(N(Cc3ccccc3)Cc3ccccc3)c2F)CC1. The zero-order valence-corrected chi connectivity index (χ0v) is 21.7. The maximum atomic E-state index is 16.8. The van der Waals surface area contributed by atoms with E-state index in [2.05, 4.69) is 0 Å². The summed E-state index contributed by atoms with van der Waals surface area (Å²) in [4.78, 5) is 39.9. The molecule has 0 spiro atoms. The Bertz CT molecular complexity index is 1370. The molecule has 1 heterocycles. The summed E-state index contributed by atoms with van der Waals surface area (Å²) in [5, 5.41) is 12.2. The molecule has 1 saturated carbocycles. The molecular formula is C30H28F3N3O4. The van der Waals surface area contributed by atoms with Crippen LogP contribution in [0.15, 0.2) is 72.8 Å². The zero-order valence-electron chi connectivity index (χ0n) is 21.7. The molecule has 1 aliphatic heterocycles. The number of rotatable bonds is 8. The summed E-state index contributed by atoms with van der Waals surface area (Å²) in [6.45, 7) is -1.29. The van der Waals surface area contributed by atoms with Gasteiger partial charge in [-0.25, -0.2) is 13.2 Å². The number of amides is 1. The number of nitro benzene ring substituents is 1. The molecule has 7 nitrogen and oxygen atoms in total. The van der Waals surface area contributed by atoms with Crippen molar-refractivity contribution in [2.24, 2.45) is 0 Å². The van der Waals surface area contributed by atoms with Gasteiger partial charge in [-0.1, -0.05) is 60.7 Å². The molecular weight excluding hydrogens is 523 g/mol. The number of Topliss-reactive ketones (excluding diaryl/α,β-unsaturated/α-hetero) is 1. The van der Waals surface area contributed by atoms with Gasteiger partial charge in [0.05, 0.1) is 23.4 Å². The molecule has 1 saturated heterocycles. The molecule has 0 aromatic heterocycles. The van der Waals surface area contributed by atoms with E-state index in [9.17, 15) is 28.5 Å². The van der Waals surface area contributed by atoms with Crippen LogP contribution in [0.5, 0.6) is 0 Å². The third-order valence-corrected chi connectivity index (χ3v) is 7.76. The van der Waals surface area contributed by atoms with Gasteiger partial charge in [0.1, 0.15) is 5.78 Å². The van der Waals surface area contributed by atoms with E-state index in [0.29, 0.717) is 0 Å². The van der Waals surface area contributed by atoms with Crippen molar-refractivity contribution in [1.29, 1.82) is 0 Å². The Morgan fingerprint density at radius 2 is 1.43 bits per heavy atom. The van der Waals surface area contributed by atoms with E-state index in [-0.39, 0.29) is 55.8 Å². The summed E-state index contributed by atoms with van der Waals surface area (Å²) < 4.78 is 44.2. The third-order valence-electron chi connectivity index (χ3n) is 7.76. The van der Waals surface area contributed by atoms with Gasteiger partial charge < -0.3 is 9.80 Å². The van der Waals surface area contributed by atoms with Gasteiger partial charge >= 0.3 is 0 Å². The minimum Gasteiger partial charge on any atom is -0.355 e. The standard InChI is InChI=1S/C30H28F3N3O4/c31-26-24(29(15-13-23(37)14-16-29)28(38)35-19-30(32,33)20-35)11-12-25(36(39)40)27(26)34(17-21-7-3-1-4-8-21)18-22-9-5-2-6-10-22/h1-12H,13-20H2. The largest absolute Gasteiger partial charge is 0.355 e. The van der Waals surface area contributed by atoms with Crippen molar-refractivity contribution in [2.75, 3.05) is 18.0 Å². The van der Waals surface area contributed by atoms with Crippen LogP contribution in [0.25, 0.3) is 0 Å². The van der Waals surface area contributed by atoms with E-state index in [1.54, 1.807) is 4.90 Å². The normalized spacial score (nSPS) is 17.7. The fourth-order valence-corrected chi connectivity index (χ4v) is 5.71. The minimum absolute atomic E-state index is 0.0144. The summed E-state index contributed by atoms with van der Waals surface area (Å²) in [6, 6.07) is 20.6. The highest BCUT2D eigenvalue weighted by molar-refractivity contribution is 5.93. The van der Waals surface area contributed by atoms with Gasteiger partial charge in [-0.15, -0.1) is 0 Å². The molecule has 10 heteroatoms. The van der Waals surface area contributed by atoms with Crippen molar-refractivity contribution in [3.8, 4) is 0 Å². The van der Waals surface area contributed by atoms with E-state index >= 15 is 4.39 Å². The van der Waals surface area contributed by atoms with Crippen molar-refractivity contribution in [2.45, 2.75) is 50.1 Å². The van der Waals surface area contributed by atoms with Crippen LogP contribution in [-0.4, -0.2) is 40.5 Å². The van der Waals surface area contributed by atoms with Crippen LogP contribution in [-0.2, 0) is 28.1 Å². The van der Waals surface area contributed by atoms with E-state index in [4.69, 9.17) is 0 Å². The average Bonchev–Trinajstić information content (AvgIpc) is 2.92. The maximum Gasteiger partial charge on any atom is 0.295 e. The second-order valence-corrected chi connectivity index (χ2v) is 10.5. The lowest BCUT2D eigenvalue weighted by atomic mass is 9.67. The van der Waals surface area contributed by atoms with E-state index in [0.717, 1.165) is 16.0 Å². The Labute approximate surface area is 229 Å². The number of nitro groups is 1. The van der Waals surface area contributed by atoms with Crippen molar-refractivity contribution in [1.82, 2.24) is 4.90 Å². The lowest BCUT2D eigenvalue weighted by Gasteiger charge is -2.46. The quantitative estimate of drug-likeness (QED) is 0.261. The van der Waals surface area contributed by atoms with Crippen LogP contribution in [0.4, 0.5) is 24.5 Å². The molecule has 2 aliphatic rings. The molecule has 0 radical (unpaired) electrons. The molecule has 1 amide bonds. The number of alkyl halides is 2. The summed E-state index contributed by atoms with van der Waals surface area (Å²) in [6.07, 6.45) is -0.143. The van der Waals surface area contributed by atoms with Gasteiger partial charge in [-0.3, -0.25) is 19.7 Å². The molecule has 2 fully saturated rings. The number of carbonyl (C=O) groups excluding carboxylic acids is 2. The number of hydrogen-bond acceptors (Lipinski definition) is 5. The molecule has 40 heavy (non-hydrogen) atoms. The average molecular weight is 552 g/mol. The minimum atomic E-state index is -3.03. The second kappa shape index (κ2) is 10.7. The number of nitrogens with zero attached hydrogens (tertiary/aromatic N) is 3. The molecule has 0 N–H and O–H groups in total. The van der Waals surface area contributed by atoms with Gasteiger partial charge in [0.25, 0.3) is 11.6 Å². The summed E-state index contributed by atoms with van der Waals surface area (Å²) in [7, 11) is 0. The molecule has 1 aliphatic carbocycles. The first-order valence-electron chi connectivity index (χ1n) is 13.1. The highest BCUT2D eigenvalue weighted by atomic mass is 19.3. The van der Waals surface area contributed by atoms with Crippen molar-refractivity contribution in [3.63, 3.8) is 0 Å². The Kier molecular flexibility index (Phi) is 7.35. The van der Waals surface area contributed by atoms with Gasteiger partial charge in [0.15, 0.2) is 11.5 Å². The maximum absolute atomic E-state index is 16.8. The molecule has 3 aromatic carbocycles. The topological polar surface area (TPSA) is 83.8 Å². The number of likely N-dealkylation sites (tertiary alicyclic amines) is 1. The van der Waals surface area contributed by atoms with Crippen molar-refractivity contribution < 1.29 is 27.7 Å². The highest BCUT2D eigenvalue weighted by Gasteiger charge is 2.54. The Balaban J connectivity index is 1.65. The summed E-state index contributed by atoms with van der Waals surface area (Å²) in [5.41, 5.74) is -0.870. The molecule has 0 atom stereocenters. The number of carbonyl (C=O) groups is 2. The van der Waals surface area contributed by atoms with E-state index in [1.807, 2.05) is 60.7 Å². The second-order valence-electron chi connectivity index (χ2n) is 10.5. The number of ketones is 1. The first-order chi connectivity index (χ1) is 19.1. The highest BCUT2D eigenvalue weighted by Crippen LogP contribution is 2.47. The molecule has 5 rings (SSSR count). The monoisotopic (exact) mass is 551 g/mol. The Morgan fingerprint density at radius 1 is 0.900 bits per heavy atom. The molecule has 0 bridgehead atoms. The van der Waals surface area contributed by atoms with Gasteiger partial charge in [-0.2, -0.15) is 0 Å². The lowest BCUT2D eigenvalue weighted by Crippen LogP contribution is -2.63. The van der Waals surface area contributed by atoms with E-state index in [1.165, 1.54) is 12.1 Å². The summed E-state index contributed by atoms with van der Waals surface area (Å²) >= 11 is 0. The first-order valence-corrected chi connectivity index (χ1v) is 13.1. The van der Waals surface area contributed by atoms with Crippen LogP contribution in [0.1, 0.15) is 42.4 Å². The summed E-state index contributed by atoms with van der Waals surface area (Å²) in [5.74, 6) is -4.75. The Morgan fingerprint density at radius 3 is 1.90 bits per heavy atom. The van der Waals surface area contributed by atoms with Gasteiger partial charge in [-0.05, 0) is 30.0 Å². The fraction of sp³-hybridized carbons (Fsp3) is 0.333. The van der Waals surface area contributed by atoms with Crippen molar-refractivity contribution >= 4 is 23.1 Å². The molecule has 3 aromatic rings. The third kappa shape index (κ3) is 5.30. The van der Waals surface area contributed by atoms with Crippen LogP contribution in [0.2, 0.25) is 0 Å². The van der Waals surface area contributed by atoms with Crippen LogP contribution < -0.4 is 4.90 Å². The van der Waals surface area contributed by atoms with Gasteiger partial charge in [0, 0.05) is 37.6 Å². The predicted octanol–water partition coefficient (Wildman–Crippen LogP) is 5.80. The van der Waals surface area contributed by atoms with Crippen LogP contribution in [0.3, 0.4) is 0 Å². The van der Waals surface area contributed by atoms with Crippen molar-refractivity contribution in [3.05, 3.63) is 105 Å². The van der Waals surface area contributed by atoms with Gasteiger partial charge in [0.2, 0.25) is 5.91 Å². The number of halogens is 3. The number of anilines is 1. The molecule has 208 valence electrons. The number of hydrogen-bond donors (Lipinski definition) is 0. The first kappa shape index (κ1) is 27.4.